The molecule has 0 radical (unpaired) electrons. The molecule has 0 aromatic heterocycles. The lowest BCUT2D eigenvalue weighted by Crippen LogP contribution is -2.48. The highest BCUT2D eigenvalue weighted by atomic mass is 35.5. The van der Waals surface area contributed by atoms with Crippen LogP contribution in [0, 0.1) is 11.6 Å². The Labute approximate surface area is 219 Å². The molecular formula is C28H30ClF2N3O3. The smallest absolute Gasteiger partial charge is 0.242 e. The number of ether oxygens (including phenoxy) is 1. The zero-order valence-electron chi connectivity index (χ0n) is 20.2. The fourth-order valence-corrected chi connectivity index (χ4v) is 4.68. The van der Waals surface area contributed by atoms with E-state index in [9.17, 15) is 18.7 Å². The summed E-state index contributed by atoms with van der Waals surface area (Å²) in [5.41, 5.74) is 8.36. The number of carbonyl (C=O) groups excluding carboxylic acids is 1. The maximum Gasteiger partial charge on any atom is 0.242 e. The molecule has 1 saturated heterocycles. The highest BCUT2D eigenvalue weighted by Crippen LogP contribution is 2.30. The van der Waals surface area contributed by atoms with Crippen molar-refractivity contribution in [3.63, 3.8) is 0 Å². The van der Waals surface area contributed by atoms with Crippen LogP contribution in [-0.4, -0.2) is 49.0 Å². The minimum atomic E-state index is -1.10. The molecule has 6 nitrogen and oxygen atoms in total. The average molecular weight is 530 g/mol. The number of halogens is 3. The topological polar surface area (TPSA) is 96.6 Å². The number of anilines is 1. The molecule has 0 bridgehead atoms. The highest BCUT2D eigenvalue weighted by molar-refractivity contribution is 6.30. The number of morpholine rings is 1. The van der Waals surface area contributed by atoms with Gasteiger partial charge in [-0.2, -0.15) is 0 Å². The molecule has 1 amide bonds. The van der Waals surface area contributed by atoms with Gasteiger partial charge in [-0.05, 0) is 60.4 Å². The van der Waals surface area contributed by atoms with Gasteiger partial charge in [0.25, 0.3) is 0 Å². The second-order valence-electron chi connectivity index (χ2n) is 9.15. The van der Waals surface area contributed by atoms with Crippen molar-refractivity contribution in [2.45, 2.75) is 36.9 Å². The quantitative estimate of drug-likeness (QED) is 0.336. The molecule has 4 unspecified atom stereocenters. The molecule has 3 aromatic carbocycles. The van der Waals surface area contributed by atoms with E-state index < -0.39 is 29.5 Å². The standard InChI is InChI=1S/C28H30ClF2N3O3/c29-19-9-7-17(8-10-19)26(18-3-1-4-20(30)13-18)27(32)28(36)34-25-6-2-5-24(31)23(25)12-11-22-14-33-21(15-35)16-37-22/h1-10,13,21-22,26-27,33,35H,11-12,14-16,32H2,(H,34,36). The van der Waals surface area contributed by atoms with Crippen LogP contribution in [0.4, 0.5) is 14.5 Å². The summed E-state index contributed by atoms with van der Waals surface area (Å²) < 4.78 is 34.6. The van der Waals surface area contributed by atoms with Gasteiger partial charge in [-0.3, -0.25) is 4.79 Å². The molecule has 3 aromatic rings. The summed E-state index contributed by atoms with van der Waals surface area (Å²) in [5, 5.41) is 15.7. The SMILES string of the molecule is NC(C(=O)Nc1cccc(F)c1CCC1CNC(CO)CO1)C(c1ccc(Cl)cc1)c1cccc(F)c1. The third-order valence-corrected chi connectivity index (χ3v) is 6.83. The third-order valence-electron chi connectivity index (χ3n) is 6.58. The summed E-state index contributed by atoms with van der Waals surface area (Å²) in [6.07, 6.45) is 0.714. The van der Waals surface area contributed by atoms with Crippen LogP contribution in [-0.2, 0) is 16.0 Å². The summed E-state index contributed by atoms with van der Waals surface area (Å²) in [6.45, 7) is 0.912. The van der Waals surface area contributed by atoms with Crippen LogP contribution < -0.4 is 16.4 Å². The first-order chi connectivity index (χ1) is 17.9. The predicted octanol–water partition coefficient (Wildman–Crippen LogP) is 4.00. The van der Waals surface area contributed by atoms with Gasteiger partial charge >= 0.3 is 0 Å². The van der Waals surface area contributed by atoms with Crippen LogP contribution in [0.2, 0.25) is 5.02 Å². The summed E-state index contributed by atoms with van der Waals surface area (Å²) >= 11 is 6.04. The largest absolute Gasteiger partial charge is 0.395 e. The van der Waals surface area contributed by atoms with Crippen molar-refractivity contribution in [1.29, 1.82) is 0 Å². The number of aliphatic hydroxyl groups excluding tert-OH is 1. The summed E-state index contributed by atoms with van der Waals surface area (Å²) in [6, 6.07) is 16.1. The van der Waals surface area contributed by atoms with Gasteiger partial charge in [-0.15, -0.1) is 0 Å². The molecule has 1 fully saturated rings. The van der Waals surface area contributed by atoms with Crippen molar-refractivity contribution in [3.05, 3.63) is 100 Å². The molecule has 4 atom stereocenters. The lowest BCUT2D eigenvalue weighted by atomic mass is 9.85. The first-order valence-corrected chi connectivity index (χ1v) is 12.5. The van der Waals surface area contributed by atoms with E-state index in [0.29, 0.717) is 53.4 Å². The van der Waals surface area contributed by atoms with Crippen molar-refractivity contribution < 1.29 is 23.4 Å². The number of rotatable bonds is 9. The Morgan fingerprint density at radius 3 is 2.57 bits per heavy atom. The Morgan fingerprint density at radius 2 is 1.89 bits per heavy atom. The summed E-state index contributed by atoms with van der Waals surface area (Å²) in [4.78, 5) is 13.4. The van der Waals surface area contributed by atoms with Crippen molar-refractivity contribution in [1.82, 2.24) is 5.32 Å². The van der Waals surface area contributed by atoms with Gasteiger partial charge in [0.2, 0.25) is 5.91 Å². The van der Waals surface area contributed by atoms with Crippen LogP contribution in [0.5, 0.6) is 0 Å². The molecule has 0 aliphatic carbocycles. The first kappa shape index (κ1) is 27.2. The molecule has 1 aliphatic heterocycles. The molecule has 0 saturated carbocycles. The third kappa shape index (κ3) is 6.91. The number of aliphatic hydroxyl groups is 1. The molecule has 4 rings (SSSR count). The van der Waals surface area contributed by atoms with Gasteiger partial charge in [0.05, 0.1) is 31.4 Å². The first-order valence-electron chi connectivity index (χ1n) is 12.2. The molecule has 37 heavy (non-hydrogen) atoms. The number of hydrogen-bond donors (Lipinski definition) is 4. The molecule has 196 valence electrons. The van der Waals surface area contributed by atoms with E-state index in [0.717, 1.165) is 0 Å². The minimum Gasteiger partial charge on any atom is -0.395 e. The van der Waals surface area contributed by atoms with Crippen LogP contribution in [0.15, 0.2) is 66.7 Å². The second kappa shape index (κ2) is 12.6. The predicted molar refractivity (Wildman–Crippen MR) is 140 cm³/mol. The summed E-state index contributed by atoms with van der Waals surface area (Å²) in [5.74, 6) is -2.08. The average Bonchev–Trinajstić information content (AvgIpc) is 2.90. The Balaban J connectivity index is 1.52. The molecule has 0 spiro atoms. The van der Waals surface area contributed by atoms with E-state index in [1.54, 1.807) is 42.5 Å². The van der Waals surface area contributed by atoms with Crippen molar-refractivity contribution in [2.24, 2.45) is 5.73 Å². The monoisotopic (exact) mass is 529 g/mol. The fraction of sp³-hybridized carbons (Fsp3) is 0.321. The van der Waals surface area contributed by atoms with Crippen LogP contribution in [0.25, 0.3) is 0 Å². The molecule has 9 heteroatoms. The number of nitrogens with one attached hydrogen (secondary N) is 2. The van der Waals surface area contributed by atoms with Gasteiger partial charge in [0.15, 0.2) is 0 Å². The number of carbonyl (C=O) groups is 1. The lowest BCUT2D eigenvalue weighted by molar-refractivity contribution is -0.117. The van der Waals surface area contributed by atoms with Crippen molar-refractivity contribution in [2.75, 3.05) is 25.1 Å². The Kier molecular flexibility index (Phi) is 9.23. The van der Waals surface area contributed by atoms with Crippen LogP contribution >= 0.6 is 11.6 Å². The van der Waals surface area contributed by atoms with Crippen molar-refractivity contribution >= 4 is 23.2 Å². The number of nitrogens with two attached hydrogens (primary N) is 1. The minimum absolute atomic E-state index is 0.0108. The van der Waals surface area contributed by atoms with E-state index in [1.165, 1.54) is 24.3 Å². The van der Waals surface area contributed by atoms with Crippen LogP contribution in [0.1, 0.15) is 29.0 Å². The van der Waals surface area contributed by atoms with Crippen LogP contribution in [0.3, 0.4) is 0 Å². The van der Waals surface area contributed by atoms with Gasteiger partial charge in [-0.25, -0.2) is 8.78 Å². The number of hydrogen-bond acceptors (Lipinski definition) is 5. The zero-order valence-corrected chi connectivity index (χ0v) is 20.9. The maximum atomic E-state index is 14.8. The molecular weight excluding hydrogens is 500 g/mol. The molecule has 1 heterocycles. The normalized spacial score (nSPS) is 19.3. The molecule has 1 aliphatic rings. The van der Waals surface area contributed by atoms with E-state index >= 15 is 0 Å². The number of benzene rings is 3. The Bertz CT molecular complexity index is 1200. The van der Waals surface area contributed by atoms with Gasteiger partial charge in [0.1, 0.15) is 11.6 Å². The Morgan fingerprint density at radius 1 is 1.14 bits per heavy atom. The van der Waals surface area contributed by atoms with E-state index in [2.05, 4.69) is 10.6 Å². The maximum absolute atomic E-state index is 14.8. The fourth-order valence-electron chi connectivity index (χ4n) is 4.55. The van der Waals surface area contributed by atoms with Gasteiger partial charge in [0, 0.05) is 28.7 Å². The number of amides is 1. The van der Waals surface area contributed by atoms with Gasteiger partial charge < -0.3 is 26.2 Å². The van der Waals surface area contributed by atoms with E-state index in [1.807, 2.05) is 0 Å². The lowest BCUT2D eigenvalue weighted by Gasteiger charge is -2.29. The molecule has 5 N–H and O–H groups in total. The highest BCUT2D eigenvalue weighted by Gasteiger charge is 2.29. The van der Waals surface area contributed by atoms with Crippen molar-refractivity contribution in [3.8, 4) is 0 Å². The van der Waals surface area contributed by atoms with Gasteiger partial charge in [-0.1, -0.05) is 41.9 Å². The van der Waals surface area contributed by atoms with E-state index in [4.69, 9.17) is 22.1 Å². The summed E-state index contributed by atoms with van der Waals surface area (Å²) in [7, 11) is 0. The zero-order chi connectivity index (χ0) is 26.4. The second-order valence-corrected chi connectivity index (χ2v) is 9.58. The van der Waals surface area contributed by atoms with E-state index in [-0.39, 0.29) is 18.8 Å². The Hall–Kier alpha value is -2.88.